The highest BCUT2D eigenvalue weighted by atomic mass is 16.3. The average Bonchev–Trinajstić information content (AvgIpc) is 3.05. The fourth-order valence-electron chi connectivity index (χ4n) is 3.41. The summed E-state index contributed by atoms with van der Waals surface area (Å²) in [7, 11) is 1.81. The molecule has 0 radical (unpaired) electrons. The van der Waals surface area contributed by atoms with E-state index >= 15 is 0 Å². The van der Waals surface area contributed by atoms with E-state index in [4.69, 9.17) is 4.42 Å². The Bertz CT molecular complexity index is 557. The van der Waals surface area contributed by atoms with Crippen LogP contribution in [0.15, 0.2) is 22.8 Å². The molecule has 2 aliphatic rings. The minimum Gasteiger partial charge on any atom is -0.467 e. The van der Waals surface area contributed by atoms with Gasteiger partial charge in [0.05, 0.1) is 25.4 Å². The number of hydrogen-bond donors (Lipinski definition) is 0. The number of amides is 2. The number of piperidine rings is 1. The zero-order valence-corrected chi connectivity index (χ0v) is 13.9. The number of piperazine rings is 1. The van der Waals surface area contributed by atoms with Crippen molar-refractivity contribution in [3.8, 4) is 0 Å². The maximum Gasteiger partial charge on any atom is 0.237 e. The van der Waals surface area contributed by atoms with Crippen molar-refractivity contribution in [2.75, 3.05) is 39.8 Å². The summed E-state index contributed by atoms with van der Waals surface area (Å²) in [6.45, 7) is 5.06. The summed E-state index contributed by atoms with van der Waals surface area (Å²) in [6.07, 6.45) is 3.61. The summed E-state index contributed by atoms with van der Waals surface area (Å²) in [5, 5.41) is 0. The van der Waals surface area contributed by atoms with Gasteiger partial charge in [-0.1, -0.05) is 6.92 Å². The van der Waals surface area contributed by atoms with Gasteiger partial charge in [-0.15, -0.1) is 0 Å². The van der Waals surface area contributed by atoms with Crippen LogP contribution >= 0.6 is 0 Å². The van der Waals surface area contributed by atoms with Crippen molar-refractivity contribution in [2.45, 2.75) is 25.8 Å². The Kier molecular flexibility index (Phi) is 4.71. The Hall–Kier alpha value is -1.82. The van der Waals surface area contributed by atoms with Crippen molar-refractivity contribution >= 4 is 11.8 Å². The lowest BCUT2D eigenvalue weighted by Crippen LogP contribution is -2.52. The molecule has 1 aromatic heterocycles. The van der Waals surface area contributed by atoms with Crippen molar-refractivity contribution in [1.29, 1.82) is 0 Å². The first kappa shape index (κ1) is 16.1. The van der Waals surface area contributed by atoms with Crippen LogP contribution in [0.3, 0.4) is 0 Å². The van der Waals surface area contributed by atoms with Crippen molar-refractivity contribution in [2.24, 2.45) is 5.92 Å². The topological polar surface area (TPSA) is 57.0 Å². The van der Waals surface area contributed by atoms with E-state index in [0.29, 0.717) is 25.6 Å². The standard InChI is InChI=1S/C17H25N3O3/c1-13-5-6-20(14(10-13)15-4-3-9-23-15)17(22)12-19-8-7-18(2)16(21)11-19/h3-4,9,13-14H,5-8,10-12H2,1-2H3/t13-,14+/m1/s1. The molecule has 0 N–H and O–H groups in total. The van der Waals surface area contributed by atoms with Crippen LogP contribution in [-0.2, 0) is 9.59 Å². The normalized spacial score (nSPS) is 26.6. The maximum absolute atomic E-state index is 12.8. The number of rotatable bonds is 3. The molecule has 2 aliphatic heterocycles. The molecule has 2 fully saturated rings. The van der Waals surface area contributed by atoms with E-state index in [9.17, 15) is 9.59 Å². The summed E-state index contributed by atoms with van der Waals surface area (Å²) in [5.41, 5.74) is 0. The molecule has 0 unspecified atom stereocenters. The molecule has 3 rings (SSSR count). The maximum atomic E-state index is 12.8. The number of furan rings is 1. The van der Waals surface area contributed by atoms with E-state index in [0.717, 1.165) is 31.7 Å². The molecule has 0 aromatic carbocycles. The minimum atomic E-state index is 0.0180. The average molecular weight is 319 g/mol. The lowest BCUT2D eigenvalue weighted by atomic mass is 9.91. The summed E-state index contributed by atoms with van der Waals surface area (Å²) in [5.74, 6) is 1.62. The van der Waals surface area contributed by atoms with E-state index in [-0.39, 0.29) is 17.9 Å². The number of nitrogens with zero attached hydrogens (tertiary/aromatic N) is 3. The quantitative estimate of drug-likeness (QED) is 0.844. The highest BCUT2D eigenvalue weighted by molar-refractivity contribution is 5.82. The molecule has 1 aromatic rings. The van der Waals surface area contributed by atoms with Gasteiger partial charge in [-0.2, -0.15) is 0 Å². The number of hydrogen-bond acceptors (Lipinski definition) is 4. The van der Waals surface area contributed by atoms with Crippen LogP contribution in [0.2, 0.25) is 0 Å². The fraction of sp³-hybridized carbons (Fsp3) is 0.647. The van der Waals surface area contributed by atoms with Gasteiger partial charge in [0, 0.05) is 26.7 Å². The highest BCUT2D eigenvalue weighted by Gasteiger charge is 2.34. The summed E-state index contributed by atoms with van der Waals surface area (Å²) in [6, 6.07) is 3.84. The van der Waals surface area contributed by atoms with E-state index in [1.54, 1.807) is 18.2 Å². The highest BCUT2D eigenvalue weighted by Crippen LogP contribution is 2.34. The molecular formula is C17H25N3O3. The van der Waals surface area contributed by atoms with Crippen molar-refractivity contribution < 1.29 is 14.0 Å². The molecular weight excluding hydrogens is 294 g/mol. The van der Waals surface area contributed by atoms with Gasteiger partial charge in [0.2, 0.25) is 11.8 Å². The monoisotopic (exact) mass is 319 g/mol. The first-order chi connectivity index (χ1) is 11.0. The van der Waals surface area contributed by atoms with Crippen LogP contribution in [0.1, 0.15) is 31.6 Å². The van der Waals surface area contributed by atoms with Crippen LogP contribution in [0, 0.1) is 5.92 Å². The second-order valence-electron chi connectivity index (χ2n) is 6.77. The van der Waals surface area contributed by atoms with Crippen LogP contribution < -0.4 is 0 Å². The second-order valence-corrected chi connectivity index (χ2v) is 6.77. The van der Waals surface area contributed by atoms with Gasteiger partial charge >= 0.3 is 0 Å². The van der Waals surface area contributed by atoms with Gasteiger partial charge < -0.3 is 14.2 Å². The molecule has 0 spiro atoms. The van der Waals surface area contributed by atoms with E-state index in [1.807, 2.05) is 21.9 Å². The van der Waals surface area contributed by atoms with Gasteiger partial charge in [0.25, 0.3) is 0 Å². The van der Waals surface area contributed by atoms with Crippen molar-refractivity contribution in [1.82, 2.24) is 14.7 Å². The largest absolute Gasteiger partial charge is 0.467 e. The third-order valence-corrected chi connectivity index (χ3v) is 4.95. The van der Waals surface area contributed by atoms with Gasteiger partial charge in [-0.25, -0.2) is 0 Å². The Morgan fingerprint density at radius 3 is 2.87 bits per heavy atom. The Morgan fingerprint density at radius 2 is 2.17 bits per heavy atom. The molecule has 6 heteroatoms. The Balaban J connectivity index is 1.66. The van der Waals surface area contributed by atoms with Gasteiger partial charge in [-0.05, 0) is 30.9 Å². The Labute approximate surface area is 137 Å². The molecule has 2 atom stereocenters. The second kappa shape index (κ2) is 6.74. The lowest BCUT2D eigenvalue weighted by Gasteiger charge is -2.39. The number of carbonyl (C=O) groups excluding carboxylic acids is 2. The van der Waals surface area contributed by atoms with Gasteiger partial charge in [-0.3, -0.25) is 14.5 Å². The zero-order chi connectivity index (χ0) is 16.4. The first-order valence-electron chi connectivity index (χ1n) is 8.34. The number of likely N-dealkylation sites (N-methyl/N-ethyl adjacent to an activating group) is 1. The van der Waals surface area contributed by atoms with E-state index in [1.165, 1.54) is 0 Å². The Morgan fingerprint density at radius 1 is 1.35 bits per heavy atom. The molecule has 0 saturated carbocycles. The van der Waals surface area contributed by atoms with Crippen molar-refractivity contribution in [3.05, 3.63) is 24.2 Å². The van der Waals surface area contributed by atoms with Crippen LogP contribution in [0.5, 0.6) is 0 Å². The number of carbonyl (C=O) groups is 2. The summed E-state index contributed by atoms with van der Waals surface area (Å²) < 4.78 is 5.55. The molecule has 6 nitrogen and oxygen atoms in total. The third kappa shape index (κ3) is 3.58. The van der Waals surface area contributed by atoms with Crippen LogP contribution in [0.25, 0.3) is 0 Å². The molecule has 126 valence electrons. The predicted molar refractivity (Wildman–Crippen MR) is 85.6 cm³/mol. The van der Waals surface area contributed by atoms with Gasteiger partial charge in [0.1, 0.15) is 5.76 Å². The molecule has 0 bridgehead atoms. The lowest BCUT2D eigenvalue weighted by molar-refractivity contribution is -0.141. The number of likely N-dealkylation sites (tertiary alicyclic amines) is 1. The van der Waals surface area contributed by atoms with E-state index < -0.39 is 0 Å². The first-order valence-corrected chi connectivity index (χ1v) is 8.34. The van der Waals surface area contributed by atoms with Crippen LogP contribution in [-0.4, -0.2) is 66.3 Å². The molecule has 3 heterocycles. The minimum absolute atomic E-state index is 0.0180. The van der Waals surface area contributed by atoms with Crippen LogP contribution in [0.4, 0.5) is 0 Å². The molecule has 0 aliphatic carbocycles. The fourth-order valence-corrected chi connectivity index (χ4v) is 3.41. The molecule has 2 amide bonds. The smallest absolute Gasteiger partial charge is 0.237 e. The SMILES string of the molecule is C[C@@H]1CCN(C(=O)CN2CCN(C)C(=O)C2)[C@H](c2ccco2)C1. The van der Waals surface area contributed by atoms with E-state index in [2.05, 4.69) is 6.92 Å². The summed E-state index contributed by atoms with van der Waals surface area (Å²) >= 11 is 0. The zero-order valence-electron chi connectivity index (χ0n) is 13.9. The van der Waals surface area contributed by atoms with Gasteiger partial charge in [0.15, 0.2) is 0 Å². The predicted octanol–water partition coefficient (Wildman–Crippen LogP) is 1.35. The molecule has 2 saturated heterocycles. The third-order valence-electron chi connectivity index (χ3n) is 4.95. The summed E-state index contributed by atoms with van der Waals surface area (Å²) in [4.78, 5) is 30.2. The molecule has 23 heavy (non-hydrogen) atoms. The van der Waals surface area contributed by atoms with Crippen molar-refractivity contribution in [3.63, 3.8) is 0 Å².